The minimum atomic E-state index is -1.40. The van der Waals surface area contributed by atoms with Crippen molar-refractivity contribution in [2.75, 3.05) is 0 Å². The Labute approximate surface area is 92.4 Å². The van der Waals surface area contributed by atoms with Crippen molar-refractivity contribution in [2.24, 2.45) is 0 Å². The molecular formula is C11H9NO4. The number of carbonyl (C=O) groups is 1. The number of carbonyl (C=O) groups excluding carboxylic acids is 3. The van der Waals surface area contributed by atoms with Crippen LogP contribution in [0, 0.1) is 0 Å². The predicted octanol–water partition coefficient (Wildman–Crippen LogP) is 0.501. The highest BCUT2D eigenvalue weighted by atomic mass is 16.5. The van der Waals surface area contributed by atoms with Crippen molar-refractivity contribution < 1.29 is 19.1 Å². The lowest BCUT2D eigenvalue weighted by Gasteiger charge is -2.06. The maximum atomic E-state index is 11.1. The zero-order valence-electron chi connectivity index (χ0n) is 8.30. The molecule has 0 aliphatic carbocycles. The molecule has 16 heavy (non-hydrogen) atoms. The highest BCUT2D eigenvalue weighted by Crippen LogP contribution is 2.00. The molecule has 5 nitrogen and oxygen atoms in total. The average molecular weight is 219 g/mol. The SMILES string of the molecule is O=[C]C([C]=O)NC(=O)OCc1ccccc1. The van der Waals surface area contributed by atoms with Crippen molar-refractivity contribution >= 4 is 18.7 Å². The normalized spacial score (nSPS) is 9.56. The fraction of sp³-hybridized carbons (Fsp3) is 0.182. The molecule has 0 aliphatic heterocycles. The lowest BCUT2D eigenvalue weighted by molar-refractivity contribution is 0.139. The van der Waals surface area contributed by atoms with Crippen molar-refractivity contribution in [3.05, 3.63) is 35.9 Å². The molecular weight excluding hydrogens is 210 g/mol. The van der Waals surface area contributed by atoms with E-state index >= 15 is 0 Å². The lowest BCUT2D eigenvalue weighted by atomic mass is 10.2. The van der Waals surface area contributed by atoms with Crippen LogP contribution in [0.25, 0.3) is 0 Å². The molecule has 0 saturated heterocycles. The first-order valence-electron chi connectivity index (χ1n) is 4.49. The third kappa shape index (κ3) is 3.91. The van der Waals surface area contributed by atoms with E-state index in [0.717, 1.165) is 5.56 Å². The zero-order chi connectivity index (χ0) is 11.8. The second-order valence-corrected chi connectivity index (χ2v) is 2.87. The van der Waals surface area contributed by atoms with Gasteiger partial charge in [-0.1, -0.05) is 30.3 Å². The van der Waals surface area contributed by atoms with Crippen LogP contribution < -0.4 is 5.32 Å². The summed E-state index contributed by atoms with van der Waals surface area (Å²) in [5.41, 5.74) is 0.805. The molecule has 0 heterocycles. The van der Waals surface area contributed by atoms with Gasteiger partial charge < -0.3 is 10.1 Å². The van der Waals surface area contributed by atoms with Gasteiger partial charge in [-0.3, -0.25) is 9.59 Å². The molecule has 1 amide bonds. The van der Waals surface area contributed by atoms with E-state index in [4.69, 9.17) is 4.74 Å². The Balaban J connectivity index is 2.36. The van der Waals surface area contributed by atoms with Gasteiger partial charge in [0.15, 0.2) is 6.04 Å². The smallest absolute Gasteiger partial charge is 0.408 e. The van der Waals surface area contributed by atoms with Gasteiger partial charge in [-0.25, -0.2) is 4.79 Å². The molecule has 5 heteroatoms. The van der Waals surface area contributed by atoms with Crippen LogP contribution in [-0.4, -0.2) is 24.7 Å². The standard InChI is InChI=1S/C11H9NO4/c13-6-10(7-14)12-11(15)16-8-9-4-2-1-3-5-9/h1-5,10H,8H2,(H,12,15). The van der Waals surface area contributed by atoms with Crippen molar-refractivity contribution in [3.8, 4) is 0 Å². The summed E-state index contributed by atoms with van der Waals surface area (Å²) >= 11 is 0. The molecule has 2 radical (unpaired) electrons. The van der Waals surface area contributed by atoms with Gasteiger partial charge in [0.05, 0.1) is 0 Å². The first-order valence-corrected chi connectivity index (χ1v) is 4.49. The number of rotatable bonds is 5. The third-order valence-corrected chi connectivity index (χ3v) is 1.71. The molecule has 1 aromatic rings. The van der Waals surface area contributed by atoms with Gasteiger partial charge in [-0.2, -0.15) is 0 Å². The zero-order valence-corrected chi connectivity index (χ0v) is 8.30. The lowest BCUT2D eigenvalue weighted by Crippen LogP contribution is -2.37. The van der Waals surface area contributed by atoms with Gasteiger partial charge >= 0.3 is 6.09 Å². The Morgan fingerprint density at radius 1 is 1.25 bits per heavy atom. The summed E-state index contributed by atoms with van der Waals surface area (Å²) in [5, 5.41) is 1.98. The van der Waals surface area contributed by atoms with Gasteiger partial charge in [0.25, 0.3) is 0 Å². The number of benzene rings is 1. The Morgan fingerprint density at radius 3 is 2.44 bits per heavy atom. The van der Waals surface area contributed by atoms with Gasteiger partial charge in [-0.05, 0) is 5.56 Å². The van der Waals surface area contributed by atoms with Gasteiger partial charge in [0.2, 0.25) is 12.6 Å². The van der Waals surface area contributed by atoms with Crippen molar-refractivity contribution in [1.29, 1.82) is 0 Å². The monoisotopic (exact) mass is 219 g/mol. The fourth-order valence-electron chi connectivity index (χ4n) is 0.966. The van der Waals surface area contributed by atoms with Crippen LogP contribution in [-0.2, 0) is 20.9 Å². The van der Waals surface area contributed by atoms with Crippen LogP contribution in [0.3, 0.4) is 0 Å². The minimum Gasteiger partial charge on any atom is -0.445 e. The average Bonchev–Trinajstić information content (AvgIpc) is 2.34. The number of alkyl carbamates (subject to hydrolysis) is 1. The van der Waals surface area contributed by atoms with E-state index in [0.29, 0.717) is 0 Å². The van der Waals surface area contributed by atoms with Crippen molar-refractivity contribution in [1.82, 2.24) is 5.32 Å². The van der Waals surface area contributed by atoms with Crippen LogP contribution in [0.5, 0.6) is 0 Å². The third-order valence-electron chi connectivity index (χ3n) is 1.71. The Kier molecular flexibility index (Phi) is 4.72. The Hall–Kier alpha value is -2.17. The van der Waals surface area contributed by atoms with E-state index < -0.39 is 12.1 Å². The summed E-state index contributed by atoms with van der Waals surface area (Å²) in [5.74, 6) is 0. The van der Waals surface area contributed by atoms with Crippen LogP contribution in [0.1, 0.15) is 5.56 Å². The van der Waals surface area contributed by atoms with Gasteiger partial charge in [-0.15, -0.1) is 0 Å². The summed E-state index contributed by atoms with van der Waals surface area (Å²) in [6.07, 6.45) is 1.73. The molecule has 82 valence electrons. The molecule has 0 spiro atoms. The molecule has 0 bridgehead atoms. The molecule has 0 aromatic heterocycles. The molecule has 0 unspecified atom stereocenters. The highest BCUT2D eigenvalue weighted by molar-refractivity contribution is 5.87. The summed E-state index contributed by atoms with van der Waals surface area (Å²) in [6, 6.07) is 7.60. The Bertz CT molecular complexity index is 356. The minimum absolute atomic E-state index is 0.0666. The number of hydrogen-bond acceptors (Lipinski definition) is 4. The van der Waals surface area contributed by atoms with Crippen LogP contribution in [0.15, 0.2) is 30.3 Å². The highest BCUT2D eigenvalue weighted by Gasteiger charge is 2.12. The molecule has 1 N–H and O–H groups in total. The van der Waals surface area contributed by atoms with E-state index in [-0.39, 0.29) is 6.61 Å². The molecule has 0 atom stereocenters. The Morgan fingerprint density at radius 2 is 1.88 bits per heavy atom. The largest absolute Gasteiger partial charge is 0.445 e. The molecule has 0 aliphatic rings. The van der Waals surface area contributed by atoms with Crippen LogP contribution in [0.4, 0.5) is 4.79 Å². The van der Waals surface area contributed by atoms with E-state index in [1.54, 1.807) is 24.3 Å². The maximum Gasteiger partial charge on any atom is 0.408 e. The van der Waals surface area contributed by atoms with E-state index in [1.807, 2.05) is 11.4 Å². The number of ether oxygens (including phenoxy) is 1. The summed E-state index contributed by atoms with van der Waals surface area (Å²) in [4.78, 5) is 31.2. The topological polar surface area (TPSA) is 72.5 Å². The number of hydrogen-bond donors (Lipinski definition) is 1. The summed E-state index contributed by atoms with van der Waals surface area (Å²) in [7, 11) is 0. The van der Waals surface area contributed by atoms with E-state index in [1.165, 1.54) is 12.6 Å². The van der Waals surface area contributed by atoms with Crippen molar-refractivity contribution in [2.45, 2.75) is 12.6 Å². The molecule has 0 saturated carbocycles. The molecule has 0 fully saturated rings. The number of amides is 1. The van der Waals surface area contributed by atoms with Gasteiger partial charge in [0.1, 0.15) is 6.61 Å². The first-order chi connectivity index (χ1) is 7.76. The molecule has 1 aromatic carbocycles. The first kappa shape index (κ1) is 11.9. The fourth-order valence-corrected chi connectivity index (χ4v) is 0.966. The summed E-state index contributed by atoms with van der Waals surface area (Å²) in [6.45, 7) is 0.0666. The van der Waals surface area contributed by atoms with Crippen molar-refractivity contribution in [3.63, 3.8) is 0 Å². The second kappa shape index (κ2) is 6.34. The quantitative estimate of drug-likeness (QED) is 0.732. The van der Waals surface area contributed by atoms with Crippen LogP contribution in [0.2, 0.25) is 0 Å². The van der Waals surface area contributed by atoms with Crippen LogP contribution >= 0.6 is 0 Å². The predicted molar refractivity (Wildman–Crippen MR) is 54.9 cm³/mol. The van der Waals surface area contributed by atoms with E-state index in [9.17, 15) is 14.4 Å². The molecule has 1 rings (SSSR count). The van der Waals surface area contributed by atoms with E-state index in [2.05, 4.69) is 0 Å². The second-order valence-electron chi connectivity index (χ2n) is 2.87. The van der Waals surface area contributed by atoms with Gasteiger partial charge in [0, 0.05) is 0 Å². The number of nitrogens with one attached hydrogen (secondary N) is 1. The summed E-state index contributed by atoms with van der Waals surface area (Å²) < 4.78 is 4.75. The maximum absolute atomic E-state index is 11.1.